The van der Waals surface area contributed by atoms with Gasteiger partial charge in [-0.1, -0.05) is 18.2 Å². The van der Waals surface area contributed by atoms with Gasteiger partial charge in [0.05, 0.1) is 11.1 Å². The van der Waals surface area contributed by atoms with Crippen LogP contribution in [0.3, 0.4) is 0 Å². The molecule has 0 bridgehead atoms. The predicted molar refractivity (Wildman–Crippen MR) is 87.1 cm³/mol. The number of carbonyl (C=O) groups is 2. The third-order valence-corrected chi connectivity index (χ3v) is 4.62. The van der Waals surface area contributed by atoms with Gasteiger partial charge < -0.3 is 5.32 Å². The van der Waals surface area contributed by atoms with Crippen LogP contribution >= 0.6 is 11.3 Å². The molecular weight excluding hydrogens is 296 g/mol. The molecule has 0 atom stereocenters. The van der Waals surface area contributed by atoms with Crippen LogP contribution in [0.2, 0.25) is 0 Å². The molecule has 5 heteroatoms. The van der Waals surface area contributed by atoms with E-state index in [4.69, 9.17) is 0 Å². The van der Waals surface area contributed by atoms with Crippen molar-refractivity contribution in [2.45, 2.75) is 19.4 Å². The maximum Gasteiger partial charge on any atom is 0.261 e. The molecule has 0 saturated carbocycles. The molecule has 114 valence electrons. The van der Waals surface area contributed by atoms with E-state index in [0.717, 1.165) is 25.9 Å². The van der Waals surface area contributed by atoms with Crippen LogP contribution < -0.4 is 5.32 Å². The van der Waals surface area contributed by atoms with Gasteiger partial charge in [-0.05, 0) is 43.0 Å². The molecule has 2 heterocycles. The topological polar surface area (TPSA) is 49.4 Å². The van der Waals surface area contributed by atoms with Gasteiger partial charge in [-0.25, -0.2) is 0 Å². The minimum Gasteiger partial charge on any atom is -0.312 e. The van der Waals surface area contributed by atoms with Crippen LogP contribution in [-0.2, 0) is 6.54 Å². The van der Waals surface area contributed by atoms with Crippen LogP contribution in [0.4, 0.5) is 0 Å². The standard InChI is InChI=1S/C17H18N2O2S/c20-16-14-7-1-2-8-15(14)17(21)19(16)10-4-3-9-18-12-13-6-5-11-22-13/h1-2,5-8,11,18H,3-4,9-10,12H2. The first-order chi connectivity index (χ1) is 10.8. The number of imide groups is 1. The monoisotopic (exact) mass is 314 g/mol. The quantitative estimate of drug-likeness (QED) is 0.631. The second-order valence-electron chi connectivity index (χ2n) is 5.27. The Hall–Kier alpha value is -1.98. The highest BCUT2D eigenvalue weighted by atomic mass is 32.1. The Bertz CT molecular complexity index is 632. The third kappa shape index (κ3) is 3.10. The van der Waals surface area contributed by atoms with Gasteiger partial charge in [-0.2, -0.15) is 0 Å². The number of hydrogen-bond acceptors (Lipinski definition) is 4. The zero-order valence-corrected chi connectivity index (χ0v) is 13.1. The fourth-order valence-electron chi connectivity index (χ4n) is 2.59. The molecule has 0 unspecified atom stereocenters. The van der Waals surface area contributed by atoms with Gasteiger partial charge in [0.25, 0.3) is 11.8 Å². The van der Waals surface area contributed by atoms with Gasteiger partial charge in [0.15, 0.2) is 0 Å². The molecule has 3 rings (SSSR count). The lowest BCUT2D eigenvalue weighted by Crippen LogP contribution is -2.31. The molecule has 0 radical (unpaired) electrons. The Morgan fingerprint density at radius 1 is 0.955 bits per heavy atom. The van der Waals surface area contributed by atoms with E-state index < -0.39 is 0 Å². The molecule has 1 aliphatic heterocycles. The van der Waals surface area contributed by atoms with Gasteiger partial charge in [-0.15, -0.1) is 11.3 Å². The number of unbranched alkanes of at least 4 members (excludes halogenated alkanes) is 1. The fraction of sp³-hybridized carbons (Fsp3) is 0.294. The first-order valence-electron chi connectivity index (χ1n) is 7.45. The summed E-state index contributed by atoms with van der Waals surface area (Å²) in [6.07, 6.45) is 1.77. The molecule has 0 aliphatic carbocycles. The molecule has 0 fully saturated rings. The lowest BCUT2D eigenvalue weighted by Gasteiger charge is -2.13. The SMILES string of the molecule is O=C1c2ccccc2C(=O)N1CCCCNCc1cccs1. The summed E-state index contributed by atoms with van der Waals surface area (Å²) in [7, 11) is 0. The highest BCUT2D eigenvalue weighted by Gasteiger charge is 2.34. The van der Waals surface area contributed by atoms with E-state index in [-0.39, 0.29) is 11.8 Å². The van der Waals surface area contributed by atoms with E-state index in [0.29, 0.717) is 17.7 Å². The molecular formula is C17H18N2O2S. The highest BCUT2D eigenvalue weighted by Crippen LogP contribution is 2.22. The van der Waals surface area contributed by atoms with Crippen molar-refractivity contribution in [3.8, 4) is 0 Å². The normalized spacial score (nSPS) is 13.7. The lowest BCUT2D eigenvalue weighted by atomic mass is 10.1. The van der Waals surface area contributed by atoms with E-state index in [1.54, 1.807) is 35.6 Å². The number of rotatable bonds is 7. The van der Waals surface area contributed by atoms with Crippen LogP contribution in [0, 0.1) is 0 Å². The average Bonchev–Trinajstić information content (AvgIpc) is 3.13. The van der Waals surface area contributed by atoms with Crippen LogP contribution in [0.25, 0.3) is 0 Å². The molecule has 0 spiro atoms. The molecule has 1 aliphatic rings. The van der Waals surface area contributed by atoms with Crippen molar-refractivity contribution in [3.63, 3.8) is 0 Å². The number of nitrogens with zero attached hydrogens (tertiary/aromatic N) is 1. The van der Waals surface area contributed by atoms with E-state index >= 15 is 0 Å². The van der Waals surface area contributed by atoms with E-state index in [1.165, 1.54) is 9.78 Å². The maximum absolute atomic E-state index is 12.2. The summed E-state index contributed by atoms with van der Waals surface area (Å²) in [5.41, 5.74) is 1.06. The number of benzene rings is 1. The van der Waals surface area contributed by atoms with Crippen LogP contribution in [0.1, 0.15) is 38.4 Å². The summed E-state index contributed by atoms with van der Waals surface area (Å²) in [4.78, 5) is 27.0. The Morgan fingerprint density at radius 2 is 1.68 bits per heavy atom. The Morgan fingerprint density at radius 3 is 2.32 bits per heavy atom. The Balaban J connectivity index is 1.41. The van der Waals surface area contributed by atoms with Gasteiger partial charge in [0.2, 0.25) is 0 Å². The average molecular weight is 314 g/mol. The Labute approximate surface area is 133 Å². The smallest absolute Gasteiger partial charge is 0.261 e. The number of fused-ring (bicyclic) bond motifs is 1. The fourth-order valence-corrected chi connectivity index (χ4v) is 3.26. The van der Waals surface area contributed by atoms with Crippen LogP contribution in [0.15, 0.2) is 41.8 Å². The van der Waals surface area contributed by atoms with E-state index in [2.05, 4.69) is 16.8 Å². The zero-order valence-electron chi connectivity index (χ0n) is 12.2. The first-order valence-corrected chi connectivity index (χ1v) is 8.33. The van der Waals surface area contributed by atoms with Crippen molar-refractivity contribution < 1.29 is 9.59 Å². The van der Waals surface area contributed by atoms with Crippen molar-refractivity contribution in [1.82, 2.24) is 10.2 Å². The third-order valence-electron chi connectivity index (χ3n) is 3.74. The van der Waals surface area contributed by atoms with Crippen LogP contribution in [-0.4, -0.2) is 29.8 Å². The minimum atomic E-state index is -0.160. The summed E-state index contributed by atoms with van der Waals surface area (Å²) in [6, 6.07) is 11.2. The van der Waals surface area contributed by atoms with Gasteiger partial charge in [0, 0.05) is 18.0 Å². The van der Waals surface area contributed by atoms with E-state index in [9.17, 15) is 9.59 Å². The molecule has 1 N–H and O–H groups in total. The summed E-state index contributed by atoms with van der Waals surface area (Å²) >= 11 is 1.74. The number of hydrogen-bond donors (Lipinski definition) is 1. The van der Waals surface area contributed by atoms with Crippen molar-refractivity contribution in [2.75, 3.05) is 13.1 Å². The molecule has 4 nitrogen and oxygen atoms in total. The predicted octanol–water partition coefficient (Wildman–Crippen LogP) is 2.91. The van der Waals surface area contributed by atoms with Crippen molar-refractivity contribution >= 4 is 23.2 Å². The molecule has 2 aromatic rings. The number of thiophene rings is 1. The van der Waals surface area contributed by atoms with E-state index in [1.807, 2.05) is 6.07 Å². The summed E-state index contributed by atoms with van der Waals surface area (Å²) in [6.45, 7) is 2.26. The summed E-state index contributed by atoms with van der Waals surface area (Å²) in [5.74, 6) is -0.320. The second-order valence-corrected chi connectivity index (χ2v) is 6.30. The molecule has 0 saturated heterocycles. The van der Waals surface area contributed by atoms with Gasteiger partial charge >= 0.3 is 0 Å². The second kappa shape index (κ2) is 6.85. The highest BCUT2D eigenvalue weighted by molar-refractivity contribution is 7.09. The molecule has 1 aromatic heterocycles. The number of nitrogens with one attached hydrogen (secondary N) is 1. The molecule has 2 amide bonds. The van der Waals surface area contributed by atoms with Crippen LogP contribution in [0.5, 0.6) is 0 Å². The maximum atomic E-state index is 12.2. The largest absolute Gasteiger partial charge is 0.312 e. The van der Waals surface area contributed by atoms with Crippen molar-refractivity contribution in [3.05, 3.63) is 57.8 Å². The minimum absolute atomic E-state index is 0.160. The van der Waals surface area contributed by atoms with Gasteiger partial charge in [-0.3, -0.25) is 14.5 Å². The summed E-state index contributed by atoms with van der Waals surface area (Å²) in [5, 5.41) is 5.44. The number of carbonyl (C=O) groups excluding carboxylic acids is 2. The zero-order chi connectivity index (χ0) is 15.4. The molecule has 1 aromatic carbocycles. The van der Waals surface area contributed by atoms with Crippen molar-refractivity contribution in [1.29, 1.82) is 0 Å². The lowest BCUT2D eigenvalue weighted by molar-refractivity contribution is 0.0651. The molecule has 22 heavy (non-hydrogen) atoms. The van der Waals surface area contributed by atoms with Crippen molar-refractivity contribution in [2.24, 2.45) is 0 Å². The Kier molecular flexibility index (Phi) is 4.65. The summed E-state index contributed by atoms with van der Waals surface area (Å²) < 4.78 is 0. The number of amides is 2. The van der Waals surface area contributed by atoms with Gasteiger partial charge in [0.1, 0.15) is 0 Å². The first kappa shape index (κ1) is 14.9.